The van der Waals surface area contributed by atoms with Crippen molar-refractivity contribution in [2.45, 2.75) is 26.3 Å². The number of halogens is 1. The van der Waals surface area contributed by atoms with Gasteiger partial charge in [-0.15, -0.1) is 0 Å². The molecule has 1 amide bonds. The van der Waals surface area contributed by atoms with Crippen molar-refractivity contribution in [2.24, 2.45) is 0 Å². The van der Waals surface area contributed by atoms with Gasteiger partial charge >= 0.3 is 0 Å². The van der Waals surface area contributed by atoms with Crippen molar-refractivity contribution in [3.05, 3.63) is 82.0 Å². The van der Waals surface area contributed by atoms with Crippen molar-refractivity contribution >= 4 is 22.5 Å². The van der Waals surface area contributed by atoms with Crippen LogP contribution >= 0.6 is 0 Å². The van der Waals surface area contributed by atoms with Crippen LogP contribution in [0.5, 0.6) is 0 Å². The number of benzene rings is 2. The minimum Gasteiger partial charge on any atom is -0.352 e. The predicted molar refractivity (Wildman–Crippen MR) is 110 cm³/mol. The van der Waals surface area contributed by atoms with Gasteiger partial charge in [-0.3, -0.25) is 9.59 Å². The molecule has 0 saturated heterocycles. The Bertz CT molecular complexity index is 1240. The summed E-state index contributed by atoms with van der Waals surface area (Å²) in [6, 6.07) is 12.9. The molecule has 0 bridgehead atoms. The zero-order valence-corrected chi connectivity index (χ0v) is 16.1. The highest BCUT2D eigenvalue weighted by Gasteiger charge is 2.14. The number of aromatic nitrogens is 3. The Labute approximate surface area is 166 Å². The summed E-state index contributed by atoms with van der Waals surface area (Å²) in [5.41, 5.74) is 2.81. The van der Waals surface area contributed by atoms with Crippen molar-refractivity contribution in [3.63, 3.8) is 0 Å². The maximum Gasteiger partial charge on any atom is 0.277 e. The van der Waals surface area contributed by atoms with Gasteiger partial charge in [-0.05, 0) is 48.4 Å². The van der Waals surface area contributed by atoms with Crippen LogP contribution in [-0.4, -0.2) is 26.6 Å². The number of amides is 1. The monoisotopic (exact) mass is 392 g/mol. The van der Waals surface area contributed by atoms with Crippen LogP contribution in [-0.2, 0) is 6.54 Å². The standard InChI is InChI=1S/C22H21FN4O2/c1-2-3-11-24-21(28)16-6-9-18-20(13-16)26(14-15-4-7-17(23)8-5-15)22(29)19-10-12-25-27(18)19/h4-10,12-13H,2-3,11,14H2,1H3,(H,24,28). The fourth-order valence-corrected chi connectivity index (χ4v) is 3.38. The van der Waals surface area contributed by atoms with Gasteiger partial charge in [0.2, 0.25) is 0 Å². The number of carbonyl (C=O) groups excluding carboxylic acids is 1. The van der Waals surface area contributed by atoms with E-state index < -0.39 is 0 Å². The summed E-state index contributed by atoms with van der Waals surface area (Å²) < 4.78 is 16.4. The molecule has 0 saturated carbocycles. The first kappa shape index (κ1) is 18.9. The van der Waals surface area contributed by atoms with Crippen molar-refractivity contribution in [3.8, 4) is 0 Å². The molecule has 4 rings (SSSR count). The maximum absolute atomic E-state index is 13.3. The summed E-state index contributed by atoms with van der Waals surface area (Å²) in [7, 11) is 0. The molecule has 2 aromatic heterocycles. The minimum absolute atomic E-state index is 0.179. The molecule has 0 aliphatic rings. The van der Waals surface area contributed by atoms with Crippen molar-refractivity contribution in [1.29, 1.82) is 0 Å². The summed E-state index contributed by atoms with van der Waals surface area (Å²) in [4.78, 5) is 25.6. The number of hydrogen-bond acceptors (Lipinski definition) is 3. The summed E-state index contributed by atoms with van der Waals surface area (Å²) >= 11 is 0. The number of fused-ring (bicyclic) bond motifs is 3. The topological polar surface area (TPSA) is 68.4 Å². The fourth-order valence-electron chi connectivity index (χ4n) is 3.38. The van der Waals surface area contributed by atoms with Crippen molar-refractivity contribution < 1.29 is 9.18 Å². The Balaban J connectivity index is 1.85. The average molecular weight is 392 g/mol. The van der Waals surface area contributed by atoms with Gasteiger partial charge in [-0.2, -0.15) is 5.10 Å². The normalized spacial score (nSPS) is 11.2. The van der Waals surface area contributed by atoms with Gasteiger partial charge in [0.1, 0.15) is 11.3 Å². The predicted octanol–water partition coefficient (Wildman–Crippen LogP) is 3.37. The van der Waals surface area contributed by atoms with E-state index >= 15 is 0 Å². The molecule has 2 heterocycles. The second kappa shape index (κ2) is 7.87. The van der Waals surface area contributed by atoms with Crippen LogP contribution in [0.15, 0.2) is 59.5 Å². The van der Waals surface area contributed by atoms with E-state index in [2.05, 4.69) is 17.3 Å². The van der Waals surface area contributed by atoms with Crippen LogP contribution < -0.4 is 10.9 Å². The third-order valence-corrected chi connectivity index (χ3v) is 4.93. The van der Waals surface area contributed by atoms with Crippen LogP contribution in [0, 0.1) is 5.82 Å². The molecule has 29 heavy (non-hydrogen) atoms. The lowest BCUT2D eigenvalue weighted by atomic mass is 10.1. The lowest BCUT2D eigenvalue weighted by Crippen LogP contribution is -2.26. The van der Waals surface area contributed by atoms with E-state index in [1.807, 2.05) is 0 Å². The highest BCUT2D eigenvalue weighted by molar-refractivity contribution is 5.97. The molecule has 7 heteroatoms. The Morgan fingerprint density at radius 3 is 2.62 bits per heavy atom. The molecule has 148 valence electrons. The second-order valence-corrected chi connectivity index (χ2v) is 6.96. The highest BCUT2D eigenvalue weighted by atomic mass is 19.1. The van der Waals surface area contributed by atoms with Gasteiger partial charge in [0, 0.05) is 12.1 Å². The summed E-state index contributed by atoms with van der Waals surface area (Å²) in [6.45, 7) is 2.93. The van der Waals surface area contributed by atoms with Gasteiger partial charge in [0.15, 0.2) is 0 Å². The zero-order valence-electron chi connectivity index (χ0n) is 16.1. The number of nitrogens with one attached hydrogen (secondary N) is 1. The Morgan fingerprint density at radius 2 is 1.86 bits per heavy atom. The largest absolute Gasteiger partial charge is 0.352 e. The number of rotatable bonds is 6. The molecule has 0 atom stereocenters. The van der Waals surface area contributed by atoms with Crippen LogP contribution in [0.4, 0.5) is 4.39 Å². The number of unbranched alkanes of at least 4 members (excludes halogenated alkanes) is 1. The molecule has 0 radical (unpaired) electrons. The van der Waals surface area contributed by atoms with Crippen LogP contribution in [0.1, 0.15) is 35.7 Å². The molecular weight excluding hydrogens is 371 g/mol. The third kappa shape index (κ3) is 3.63. The van der Waals surface area contributed by atoms with Gasteiger partial charge in [0.25, 0.3) is 11.5 Å². The van der Waals surface area contributed by atoms with E-state index in [0.29, 0.717) is 23.1 Å². The first-order chi connectivity index (χ1) is 14.1. The first-order valence-corrected chi connectivity index (χ1v) is 9.61. The molecule has 0 aliphatic heterocycles. The minimum atomic E-state index is -0.330. The van der Waals surface area contributed by atoms with Crippen LogP contribution in [0.25, 0.3) is 16.6 Å². The van der Waals surface area contributed by atoms with Crippen molar-refractivity contribution in [1.82, 2.24) is 19.5 Å². The summed E-state index contributed by atoms with van der Waals surface area (Å²) in [5.74, 6) is -0.509. The summed E-state index contributed by atoms with van der Waals surface area (Å²) in [6.07, 6.45) is 3.47. The average Bonchev–Trinajstić information content (AvgIpc) is 3.22. The molecule has 4 aromatic rings. The molecular formula is C22H21FN4O2. The summed E-state index contributed by atoms with van der Waals surface area (Å²) in [5, 5.41) is 7.15. The number of nitrogens with zero attached hydrogens (tertiary/aromatic N) is 3. The van der Waals surface area contributed by atoms with Crippen LogP contribution in [0.3, 0.4) is 0 Å². The van der Waals surface area contributed by atoms with Crippen molar-refractivity contribution in [2.75, 3.05) is 6.54 Å². The second-order valence-electron chi connectivity index (χ2n) is 6.96. The molecule has 0 unspecified atom stereocenters. The van der Waals surface area contributed by atoms with E-state index in [9.17, 15) is 14.0 Å². The van der Waals surface area contributed by atoms with E-state index in [1.54, 1.807) is 51.7 Å². The van der Waals surface area contributed by atoms with Gasteiger partial charge < -0.3 is 9.88 Å². The van der Waals surface area contributed by atoms with E-state index in [0.717, 1.165) is 23.9 Å². The number of carbonyl (C=O) groups is 1. The smallest absolute Gasteiger partial charge is 0.277 e. The molecule has 0 aliphatic carbocycles. The Morgan fingerprint density at radius 1 is 1.07 bits per heavy atom. The van der Waals surface area contributed by atoms with E-state index in [1.165, 1.54) is 12.1 Å². The SMILES string of the molecule is CCCCNC(=O)c1ccc2c(c1)n(Cc1ccc(F)cc1)c(=O)c1ccnn12. The van der Waals surface area contributed by atoms with Gasteiger partial charge in [-0.1, -0.05) is 25.5 Å². The lowest BCUT2D eigenvalue weighted by molar-refractivity contribution is 0.0953. The van der Waals surface area contributed by atoms with Gasteiger partial charge in [-0.25, -0.2) is 8.91 Å². The molecule has 6 nitrogen and oxygen atoms in total. The zero-order chi connectivity index (χ0) is 20.4. The Kier molecular flexibility index (Phi) is 5.12. The number of hydrogen-bond donors (Lipinski definition) is 1. The fraction of sp³-hybridized carbons (Fsp3) is 0.227. The first-order valence-electron chi connectivity index (χ1n) is 9.61. The third-order valence-electron chi connectivity index (χ3n) is 4.93. The maximum atomic E-state index is 13.3. The molecule has 0 fully saturated rings. The lowest BCUT2D eigenvalue weighted by Gasteiger charge is -2.13. The van der Waals surface area contributed by atoms with Crippen LogP contribution in [0.2, 0.25) is 0 Å². The van der Waals surface area contributed by atoms with E-state index in [-0.39, 0.29) is 23.8 Å². The van der Waals surface area contributed by atoms with Gasteiger partial charge in [0.05, 0.1) is 23.8 Å². The van der Waals surface area contributed by atoms with E-state index in [4.69, 9.17) is 0 Å². The highest BCUT2D eigenvalue weighted by Crippen LogP contribution is 2.18. The molecule has 0 spiro atoms. The molecule has 2 aromatic carbocycles. The molecule has 1 N–H and O–H groups in total. The quantitative estimate of drug-likeness (QED) is 0.512. The Hall–Kier alpha value is -3.48.